The summed E-state index contributed by atoms with van der Waals surface area (Å²) in [7, 11) is -3.70. The van der Waals surface area contributed by atoms with Gasteiger partial charge in [-0.2, -0.15) is 0 Å². The van der Waals surface area contributed by atoms with Crippen LogP contribution >= 0.6 is 0 Å². The zero-order chi connectivity index (χ0) is 13.3. The second kappa shape index (κ2) is 5.01. The number of rotatable bonds is 4. The number of nitrogens with zero attached hydrogens (tertiary/aromatic N) is 2. The van der Waals surface area contributed by atoms with Crippen molar-refractivity contribution in [2.75, 3.05) is 0 Å². The largest absolute Gasteiger partial charge is 0.333 e. The Morgan fingerprint density at radius 2 is 2.06 bits per heavy atom. The molecule has 0 unspecified atom stereocenters. The van der Waals surface area contributed by atoms with Crippen molar-refractivity contribution < 1.29 is 8.42 Å². The minimum absolute atomic E-state index is 0.0100. The molecule has 0 spiro atoms. The Labute approximate surface area is 108 Å². The van der Waals surface area contributed by atoms with Crippen LogP contribution in [0.25, 0.3) is 0 Å². The predicted octanol–water partition coefficient (Wildman–Crippen LogP) is 1.84. The summed E-state index contributed by atoms with van der Waals surface area (Å²) in [5.74, 6) is 1.65. The lowest BCUT2D eigenvalue weighted by atomic mass is 10.1. The fraction of sp³-hybridized carbons (Fsp3) is 0.750. The van der Waals surface area contributed by atoms with Crippen LogP contribution in [0.15, 0.2) is 11.2 Å². The van der Waals surface area contributed by atoms with Crippen molar-refractivity contribution in [1.82, 2.24) is 9.55 Å². The number of sulfonamides is 1. The summed E-state index contributed by atoms with van der Waals surface area (Å²) >= 11 is 0. The number of aromatic nitrogens is 2. The van der Waals surface area contributed by atoms with Crippen LogP contribution < -0.4 is 5.14 Å². The number of primary sulfonamides is 1. The molecule has 0 bridgehead atoms. The first-order valence-corrected chi connectivity index (χ1v) is 8.02. The summed E-state index contributed by atoms with van der Waals surface area (Å²) < 4.78 is 24.7. The number of nitrogens with two attached hydrogens (primary N) is 1. The summed E-state index contributed by atoms with van der Waals surface area (Å²) in [5.41, 5.74) is 0. The molecule has 1 saturated carbocycles. The topological polar surface area (TPSA) is 78.0 Å². The average Bonchev–Trinajstić information content (AvgIpc) is 2.85. The van der Waals surface area contributed by atoms with Gasteiger partial charge in [-0.3, -0.25) is 0 Å². The van der Waals surface area contributed by atoms with Gasteiger partial charge in [0.2, 0.25) is 0 Å². The Balaban J connectivity index is 2.29. The van der Waals surface area contributed by atoms with E-state index in [1.54, 1.807) is 6.20 Å². The highest BCUT2D eigenvalue weighted by molar-refractivity contribution is 7.89. The average molecular weight is 271 g/mol. The molecule has 0 atom stereocenters. The van der Waals surface area contributed by atoms with Crippen LogP contribution in [-0.4, -0.2) is 18.0 Å². The highest BCUT2D eigenvalue weighted by Gasteiger charge is 2.21. The van der Waals surface area contributed by atoms with E-state index in [0.29, 0.717) is 5.92 Å². The highest BCUT2D eigenvalue weighted by atomic mass is 32.2. The van der Waals surface area contributed by atoms with E-state index in [1.165, 1.54) is 25.7 Å². The van der Waals surface area contributed by atoms with E-state index < -0.39 is 10.0 Å². The van der Waals surface area contributed by atoms with Gasteiger partial charge in [-0.25, -0.2) is 18.5 Å². The zero-order valence-corrected chi connectivity index (χ0v) is 11.8. The maximum atomic E-state index is 11.4. The van der Waals surface area contributed by atoms with Crippen molar-refractivity contribution in [1.29, 1.82) is 0 Å². The van der Waals surface area contributed by atoms with Crippen LogP contribution in [0.2, 0.25) is 0 Å². The van der Waals surface area contributed by atoms with E-state index in [4.69, 9.17) is 5.14 Å². The SMILES string of the molecule is CC(C)c1nc(S(N)(=O)=O)cn1CC1CCCC1. The molecule has 1 aromatic heterocycles. The van der Waals surface area contributed by atoms with Crippen LogP contribution in [0.1, 0.15) is 51.3 Å². The normalized spacial score (nSPS) is 17.8. The molecule has 0 aliphatic heterocycles. The molecule has 1 aliphatic rings. The third-order valence-corrected chi connectivity index (χ3v) is 4.30. The first-order chi connectivity index (χ1) is 8.38. The lowest BCUT2D eigenvalue weighted by Crippen LogP contribution is -2.12. The molecule has 2 N–H and O–H groups in total. The van der Waals surface area contributed by atoms with Gasteiger partial charge >= 0.3 is 0 Å². The van der Waals surface area contributed by atoms with Gasteiger partial charge in [0, 0.05) is 18.7 Å². The highest BCUT2D eigenvalue weighted by Crippen LogP contribution is 2.28. The summed E-state index contributed by atoms with van der Waals surface area (Å²) in [6.07, 6.45) is 6.58. The van der Waals surface area contributed by atoms with Gasteiger partial charge in [-0.05, 0) is 18.8 Å². The molecule has 5 nitrogen and oxygen atoms in total. The monoisotopic (exact) mass is 271 g/mol. The summed E-state index contributed by atoms with van der Waals surface area (Å²) in [6, 6.07) is 0. The van der Waals surface area contributed by atoms with E-state index in [0.717, 1.165) is 12.4 Å². The molecule has 6 heteroatoms. The minimum Gasteiger partial charge on any atom is -0.333 e. The van der Waals surface area contributed by atoms with Gasteiger partial charge in [-0.1, -0.05) is 26.7 Å². The van der Waals surface area contributed by atoms with E-state index in [9.17, 15) is 8.42 Å². The molecule has 102 valence electrons. The summed E-state index contributed by atoms with van der Waals surface area (Å²) in [4.78, 5) is 4.17. The molecular weight excluding hydrogens is 250 g/mol. The van der Waals surface area contributed by atoms with E-state index in [2.05, 4.69) is 4.98 Å². The molecule has 1 aromatic rings. The fourth-order valence-corrected chi connectivity index (χ4v) is 3.12. The van der Waals surface area contributed by atoms with Crippen molar-refractivity contribution in [2.24, 2.45) is 11.1 Å². The van der Waals surface area contributed by atoms with Crippen LogP contribution in [0, 0.1) is 5.92 Å². The third kappa shape index (κ3) is 2.92. The number of hydrogen-bond donors (Lipinski definition) is 1. The standard InChI is InChI=1S/C12H21N3O2S/c1-9(2)12-14-11(18(13,16)17)8-15(12)7-10-5-3-4-6-10/h8-10H,3-7H2,1-2H3,(H2,13,16,17). The molecule has 0 amide bonds. The molecular formula is C12H21N3O2S. The van der Waals surface area contributed by atoms with Gasteiger partial charge in [-0.15, -0.1) is 0 Å². The Bertz CT molecular complexity index is 513. The third-order valence-electron chi connectivity index (χ3n) is 3.52. The van der Waals surface area contributed by atoms with Crippen molar-refractivity contribution in [3.05, 3.63) is 12.0 Å². The second-order valence-corrected chi connectivity index (χ2v) is 6.95. The van der Waals surface area contributed by atoms with Gasteiger partial charge in [0.25, 0.3) is 10.0 Å². The van der Waals surface area contributed by atoms with E-state index in [1.807, 2.05) is 18.4 Å². The summed E-state index contributed by atoms with van der Waals surface area (Å²) in [6.45, 7) is 4.89. The number of hydrogen-bond acceptors (Lipinski definition) is 3. The van der Waals surface area contributed by atoms with Crippen LogP contribution in [-0.2, 0) is 16.6 Å². The van der Waals surface area contributed by atoms with Crippen LogP contribution in [0.5, 0.6) is 0 Å². The Kier molecular flexibility index (Phi) is 3.77. The van der Waals surface area contributed by atoms with Crippen molar-refractivity contribution >= 4 is 10.0 Å². The Hall–Kier alpha value is -0.880. The summed E-state index contributed by atoms with van der Waals surface area (Å²) in [5, 5.41) is 5.13. The molecule has 0 saturated heterocycles. The van der Waals surface area contributed by atoms with E-state index in [-0.39, 0.29) is 10.9 Å². The zero-order valence-electron chi connectivity index (χ0n) is 11.0. The molecule has 1 heterocycles. The molecule has 0 aromatic carbocycles. The fourth-order valence-electron chi connectivity index (χ4n) is 2.62. The second-order valence-electron chi connectivity index (χ2n) is 5.44. The first kappa shape index (κ1) is 13.5. The lowest BCUT2D eigenvalue weighted by molar-refractivity contribution is 0.442. The lowest BCUT2D eigenvalue weighted by Gasteiger charge is -2.14. The van der Waals surface area contributed by atoms with Gasteiger partial charge < -0.3 is 4.57 Å². The molecule has 1 fully saturated rings. The molecule has 1 aliphatic carbocycles. The van der Waals surface area contributed by atoms with Gasteiger partial charge in [0.1, 0.15) is 5.82 Å². The van der Waals surface area contributed by atoms with Gasteiger partial charge in [0.05, 0.1) is 0 Å². The molecule has 0 radical (unpaired) electrons. The Morgan fingerprint density at radius 1 is 1.44 bits per heavy atom. The first-order valence-electron chi connectivity index (χ1n) is 6.48. The quantitative estimate of drug-likeness (QED) is 0.907. The van der Waals surface area contributed by atoms with E-state index >= 15 is 0 Å². The smallest absolute Gasteiger partial charge is 0.257 e. The van der Waals surface area contributed by atoms with Crippen LogP contribution in [0.3, 0.4) is 0 Å². The van der Waals surface area contributed by atoms with Gasteiger partial charge in [0.15, 0.2) is 5.03 Å². The number of imidazole rings is 1. The van der Waals surface area contributed by atoms with Crippen molar-refractivity contribution in [3.63, 3.8) is 0 Å². The van der Waals surface area contributed by atoms with Crippen LogP contribution in [0.4, 0.5) is 0 Å². The Morgan fingerprint density at radius 3 is 2.56 bits per heavy atom. The van der Waals surface area contributed by atoms with Crippen molar-refractivity contribution in [2.45, 2.75) is 57.0 Å². The molecule has 18 heavy (non-hydrogen) atoms. The minimum atomic E-state index is -3.70. The maximum absolute atomic E-state index is 11.4. The van der Waals surface area contributed by atoms with Crippen molar-refractivity contribution in [3.8, 4) is 0 Å². The maximum Gasteiger partial charge on any atom is 0.257 e. The predicted molar refractivity (Wildman–Crippen MR) is 69.6 cm³/mol. The molecule has 2 rings (SSSR count).